The van der Waals surface area contributed by atoms with Gasteiger partial charge in [-0.3, -0.25) is 0 Å². The maximum atomic E-state index is 3.75. The molecule has 0 amide bonds. The molecule has 0 unspecified atom stereocenters. The largest absolute Gasteiger partial charge is 0.103 e. The summed E-state index contributed by atoms with van der Waals surface area (Å²) < 4.78 is 0. The van der Waals surface area contributed by atoms with Crippen molar-refractivity contribution < 1.29 is 0 Å². The lowest BCUT2D eigenvalue weighted by molar-refractivity contribution is 0.540. The van der Waals surface area contributed by atoms with Crippen molar-refractivity contribution in [1.29, 1.82) is 0 Å². The van der Waals surface area contributed by atoms with Gasteiger partial charge in [0.15, 0.2) is 0 Å². The summed E-state index contributed by atoms with van der Waals surface area (Å²) in [5, 5.41) is 0. The van der Waals surface area contributed by atoms with Gasteiger partial charge in [-0.05, 0) is 12.8 Å². The molecule has 0 rings (SSSR count). The number of rotatable bonds is 14. The summed E-state index contributed by atoms with van der Waals surface area (Å²) in [5.74, 6) is 0. The Kier molecular flexibility index (Phi) is 21.3. The van der Waals surface area contributed by atoms with Gasteiger partial charge in [-0.1, -0.05) is 90.0 Å². The average molecular weight is 250 g/mol. The van der Waals surface area contributed by atoms with Crippen LogP contribution in [0.4, 0.5) is 0 Å². The van der Waals surface area contributed by atoms with Crippen LogP contribution in [0, 0.1) is 7.43 Å². The summed E-state index contributed by atoms with van der Waals surface area (Å²) in [6.45, 7) is 6.04. The maximum absolute atomic E-state index is 3.75. The van der Waals surface area contributed by atoms with Gasteiger partial charge in [-0.25, -0.2) is 0 Å². The summed E-state index contributed by atoms with van der Waals surface area (Å²) in [5.41, 5.74) is 0. The quantitative estimate of drug-likeness (QED) is 0.237. The van der Waals surface area contributed by atoms with Gasteiger partial charge >= 0.3 is 0 Å². The second-order valence-electron chi connectivity index (χ2n) is 5.32. The molecule has 0 saturated heterocycles. The van der Waals surface area contributed by atoms with Crippen LogP contribution in [0.1, 0.15) is 96.8 Å². The minimum absolute atomic E-state index is 0. The van der Waals surface area contributed by atoms with E-state index >= 15 is 0 Å². The topological polar surface area (TPSA) is 0 Å². The van der Waals surface area contributed by atoms with Gasteiger partial charge in [0.2, 0.25) is 0 Å². The van der Waals surface area contributed by atoms with E-state index in [2.05, 4.69) is 13.5 Å². The normalized spacial score (nSPS) is 10.1. The molecule has 0 heterocycles. The molecule has 0 N–H and O–H groups in total. The Labute approximate surface area is 117 Å². The summed E-state index contributed by atoms with van der Waals surface area (Å²) in [7, 11) is 0. The zero-order valence-electron chi connectivity index (χ0n) is 12.7. The van der Waals surface area contributed by atoms with Crippen LogP contribution < -0.4 is 0 Å². The van der Waals surface area contributed by atoms with E-state index in [0.29, 0.717) is 0 Å². The molecule has 0 aliphatic rings. The standard InChI is InChI=1S/C17H34.C/c1-3-5-7-9-11-13-15-17-16-14-12-10-8-6-4-2;/h3H,1,4-17H2,2H3;. The second kappa shape index (κ2) is 19.1. The third-order valence-corrected chi connectivity index (χ3v) is 3.51. The SMILES string of the molecule is C=CCCCCCCCCCCCCCCC.[C]. The lowest BCUT2D eigenvalue weighted by Crippen LogP contribution is -1.82. The first-order valence-electron chi connectivity index (χ1n) is 8.02. The van der Waals surface area contributed by atoms with Gasteiger partial charge in [0.05, 0.1) is 0 Å². The predicted molar refractivity (Wildman–Crippen MR) is 83.8 cm³/mol. The highest BCUT2D eigenvalue weighted by molar-refractivity contribution is 4.65. The molecule has 0 bridgehead atoms. The fourth-order valence-electron chi connectivity index (χ4n) is 2.31. The zero-order chi connectivity index (χ0) is 12.6. The number of hydrogen-bond donors (Lipinski definition) is 0. The van der Waals surface area contributed by atoms with E-state index in [4.69, 9.17) is 0 Å². The molecule has 0 aliphatic carbocycles. The van der Waals surface area contributed by atoms with Crippen LogP contribution >= 0.6 is 0 Å². The van der Waals surface area contributed by atoms with Crippen LogP contribution in [-0.2, 0) is 0 Å². The Morgan fingerprint density at radius 3 is 1.28 bits per heavy atom. The highest BCUT2D eigenvalue weighted by Gasteiger charge is 1.93. The fourth-order valence-corrected chi connectivity index (χ4v) is 2.31. The number of hydrogen-bond acceptors (Lipinski definition) is 0. The average Bonchev–Trinajstić information content (AvgIpc) is 2.35. The highest BCUT2D eigenvalue weighted by Crippen LogP contribution is 2.12. The molecule has 0 atom stereocenters. The van der Waals surface area contributed by atoms with E-state index in [1.54, 1.807) is 0 Å². The predicted octanol–water partition coefficient (Wildman–Crippen LogP) is 6.73. The van der Waals surface area contributed by atoms with E-state index in [9.17, 15) is 0 Å². The first-order valence-corrected chi connectivity index (χ1v) is 8.02. The Bertz CT molecular complexity index is 137. The second-order valence-corrected chi connectivity index (χ2v) is 5.32. The molecule has 0 aromatic rings. The minimum atomic E-state index is 0. The third-order valence-electron chi connectivity index (χ3n) is 3.51. The molecule has 0 nitrogen and oxygen atoms in total. The molecule has 0 heteroatoms. The van der Waals surface area contributed by atoms with Crippen molar-refractivity contribution in [2.45, 2.75) is 96.8 Å². The molecule has 0 spiro atoms. The van der Waals surface area contributed by atoms with Gasteiger partial charge < -0.3 is 0 Å². The van der Waals surface area contributed by atoms with Crippen molar-refractivity contribution in [2.75, 3.05) is 0 Å². The Morgan fingerprint density at radius 2 is 0.944 bits per heavy atom. The Morgan fingerprint density at radius 1 is 0.611 bits per heavy atom. The molecule has 0 aromatic heterocycles. The molecule has 18 heavy (non-hydrogen) atoms. The van der Waals surface area contributed by atoms with Crippen molar-refractivity contribution >= 4 is 0 Å². The lowest BCUT2D eigenvalue weighted by atomic mass is 10.0. The lowest BCUT2D eigenvalue weighted by Gasteiger charge is -2.02. The van der Waals surface area contributed by atoms with Crippen molar-refractivity contribution in [2.24, 2.45) is 0 Å². The molecular formula is C18H34. The molecule has 4 radical (unpaired) electrons. The summed E-state index contributed by atoms with van der Waals surface area (Å²) in [6.07, 6.45) is 22.0. The molecule has 106 valence electrons. The smallest absolute Gasteiger partial charge is 0 e. The minimum Gasteiger partial charge on any atom is -0.103 e. The van der Waals surface area contributed by atoms with E-state index < -0.39 is 0 Å². The van der Waals surface area contributed by atoms with Gasteiger partial charge in [0.25, 0.3) is 0 Å². The van der Waals surface area contributed by atoms with Gasteiger partial charge in [-0.2, -0.15) is 0 Å². The van der Waals surface area contributed by atoms with Crippen molar-refractivity contribution in [1.82, 2.24) is 0 Å². The zero-order valence-corrected chi connectivity index (χ0v) is 12.7. The van der Waals surface area contributed by atoms with Crippen LogP contribution in [-0.4, -0.2) is 0 Å². The number of unbranched alkanes of at least 4 members (excludes halogenated alkanes) is 13. The molecule has 0 saturated carbocycles. The fraction of sp³-hybridized carbons (Fsp3) is 0.833. The Balaban J connectivity index is 0. The van der Waals surface area contributed by atoms with Gasteiger partial charge in [0.1, 0.15) is 0 Å². The summed E-state index contributed by atoms with van der Waals surface area (Å²) >= 11 is 0. The van der Waals surface area contributed by atoms with Crippen LogP contribution in [0.2, 0.25) is 0 Å². The van der Waals surface area contributed by atoms with Gasteiger partial charge in [0, 0.05) is 7.43 Å². The highest BCUT2D eigenvalue weighted by atomic mass is 14.0. The molecule has 0 fully saturated rings. The van der Waals surface area contributed by atoms with E-state index in [0.717, 1.165) is 0 Å². The van der Waals surface area contributed by atoms with Crippen LogP contribution in [0.5, 0.6) is 0 Å². The van der Waals surface area contributed by atoms with E-state index in [-0.39, 0.29) is 7.43 Å². The van der Waals surface area contributed by atoms with Crippen LogP contribution in [0.15, 0.2) is 12.7 Å². The first-order chi connectivity index (χ1) is 8.41. The molecule has 0 aliphatic heterocycles. The van der Waals surface area contributed by atoms with Crippen molar-refractivity contribution in [3.8, 4) is 0 Å². The van der Waals surface area contributed by atoms with Crippen LogP contribution in [0.3, 0.4) is 0 Å². The maximum Gasteiger partial charge on any atom is 0 e. The van der Waals surface area contributed by atoms with E-state index in [1.165, 1.54) is 89.9 Å². The number of allylic oxidation sites excluding steroid dienone is 1. The van der Waals surface area contributed by atoms with Crippen LogP contribution in [0.25, 0.3) is 0 Å². The summed E-state index contributed by atoms with van der Waals surface area (Å²) in [6, 6.07) is 0. The van der Waals surface area contributed by atoms with E-state index in [1.807, 2.05) is 6.08 Å². The monoisotopic (exact) mass is 250 g/mol. The molecular weight excluding hydrogens is 216 g/mol. The van der Waals surface area contributed by atoms with Gasteiger partial charge in [-0.15, -0.1) is 6.58 Å². The third kappa shape index (κ3) is 18.1. The Hall–Kier alpha value is -0.260. The van der Waals surface area contributed by atoms with Crippen molar-refractivity contribution in [3.63, 3.8) is 0 Å². The summed E-state index contributed by atoms with van der Waals surface area (Å²) in [4.78, 5) is 0. The first kappa shape index (κ1) is 20.1. The van der Waals surface area contributed by atoms with Crippen molar-refractivity contribution in [3.05, 3.63) is 20.1 Å². The molecule has 0 aromatic carbocycles.